The summed E-state index contributed by atoms with van der Waals surface area (Å²) >= 11 is 12.0. The highest BCUT2D eigenvalue weighted by Crippen LogP contribution is 2.38. The first-order valence-electron chi connectivity index (χ1n) is 6.44. The molecule has 1 aromatic rings. The lowest BCUT2D eigenvalue weighted by Crippen LogP contribution is -2.57. The van der Waals surface area contributed by atoms with E-state index < -0.39 is 0 Å². The molecule has 0 N–H and O–H groups in total. The third kappa shape index (κ3) is 2.81. The summed E-state index contributed by atoms with van der Waals surface area (Å²) in [6, 6.07) is 0. The van der Waals surface area contributed by atoms with Crippen LogP contribution in [0.1, 0.15) is 24.8 Å². The number of anilines is 1. The van der Waals surface area contributed by atoms with Crippen molar-refractivity contribution >= 4 is 29.0 Å². The molecule has 1 aliphatic carbocycles. The maximum atomic E-state index is 6.08. The third-order valence-electron chi connectivity index (χ3n) is 4.13. The van der Waals surface area contributed by atoms with Crippen LogP contribution in [0, 0.1) is 0 Å². The van der Waals surface area contributed by atoms with Crippen molar-refractivity contribution < 1.29 is 0 Å². The highest BCUT2D eigenvalue weighted by atomic mass is 35.5. The van der Waals surface area contributed by atoms with E-state index in [1.807, 2.05) is 7.05 Å². The van der Waals surface area contributed by atoms with E-state index in [1.54, 1.807) is 0 Å². The van der Waals surface area contributed by atoms with Crippen LogP contribution in [-0.2, 0) is 5.88 Å². The first kappa shape index (κ1) is 14.8. The Bertz CT molecular complexity index is 446. The van der Waals surface area contributed by atoms with Crippen molar-refractivity contribution in [2.75, 3.05) is 32.6 Å². The highest BCUT2D eigenvalue weighted by Gasteiger charge is 2.40. The fourth-order valence-electron chi connectivity index (χ4n) is 2.67. The minimum absolute atomic E-state index is 0.246. The summed E-state index contributed by atoms with van der Waals surface area (Å²) in [6.45, 7) is 0.928. The predicted octanol–water partition coefficient (Wildman–Crippen LogP) is 2.79. The Morgan fingerprint density at radius 1 is 1.26 bits per heavy atom. The van der Waals surface area contributed by atoms with E-state index in [0.29, 0.717) is 11.0 Å². The number of halogens is 2. The molecule has 1 aliphatic rings. The lowest BCUT2D eigenvalue weighted by Gasteiger charge is -2.49. The van der Waals surface area contributed by atoms with Crippen LogP contribution in [0.25, 0.3) is 0 Å². The molecule has 0 saturated heterocycles. The topological polar surface area (TPSA) is 32.3 Å². The van der Waals surface area contributed by atoms with Gasteiger partial charge in [-0.3, -0.25) is 0 Å². The molecule has 1 saturated carbocycles. The standard InChI is InChI=1S/C13H20Cl2N4/c1-18(2)13(5-4-6-13)8-19(3)12-10(7-14)11(15)16-9-17-12/h9H,4-8H2,1-3H3. The van der Waals surface area contributed by atoms with Crippen molar-refractivity contribution in [1.82, 2.24) is 14.9 Å². The molecular formula is C13H20Cl2N4. The number of likely N-dealkylation sites (N-methyl/N-ethyl adjacent to an activating group) is 2. The predicted molar refractivity (Wildman–Crippen MR) is 80.1 cm³/mol. The van der Waals surface area contributed by atoms with Gasteiger partial charge in [-0.15, -0.1) is 11.6 Å². The number of aromatic nitrogens is 2. The Balaban J connectivity index is 2.20. The lowest BCUT2D eigenvalue weighted by atomic mass is 9.75. The fraction of sp³-hybridized carbons (Fsp3) is 0.692. The quantitative estimate of drug-likeness (QED) is 0.618. The molecule has 2 rings (SSSR count). The van der Waals surface area contributed by atoms with Crippen molar-refractivity contribution in [2.45, 2.75) is 30.7 Å². The van der Waals surface area contributed by atoms with E-state index in [0.717, 1.165) is 17.9 Å². The van der Waals surface area contributed by atoms with E-state index in [-0.39, 0.29) is 5.54 Å². The van der Waals surface area contributed by atoms with Gasteiger partial charge in [-0.05, 0) is 33.4 Å². The fourth-order valence-corrected chi connectivity index (χ4v) is 3.18. The molecule has 1 aromatic heterocycles. The Hall–Kier alpha value is -0.580. The number of nitrogens with zero attached hydrogens (tertiary/aromatic N) is 4. The summed E-state index contributed by atoms with van der Waals surface area (Å²) < 4.78 is 0. The molecule has 0 amide bonds. The SMILES string of the molecule is CN(CC1(N(C)C)CCC1)c1ncnc(Cl)c1CCl. The maximum Gasteiger partial charge on any atom is 0.138 e. The Labute approximate surface area is 124 Å². The minimum atomic E-state index is 0.246. The van der Waals surface area contributed by atoms with Crippen LogP contribution in [0.4, 0.5) is 5.82 Å². The van der Waals surface area contributed by atoms with Crippen LogP contribution < -0.4 is 4.90 Å². The zero-order valence-corrected chi connectivity index (χ0v) is 13.2. The molecule has 0 radical (unpaired) electrons. The van der Waals surface area contributed by atoms with E-state index in [4.69, 9.17) is 23.2 Å². The van der Waals surface area contributed by atoms with Crippen LogP contribution in [0.2, 0.25) is 5.15 Å². The molecule has 0 aromatic carbocycles. The van der Waals surface area contributed by atoms with Crippen molar-refractivity contribution in [3.05, 3.63) is 17.0 Å². The van der Waals surface area contributed by atoms with Crippen LogP contribution in [-0.4, -0.2) is 48.1 Å². The van der Waals surface area contributed by atoms with Gasteiger partial charge in [-0.25, -0.2) is 9.97 Å². The molecule has 0 bridgehead atoms. The smallest absolute Gasteiger partial charge is 0.138 e. The molecule has 0 atom stereocenters. The normalized spacial score (nSPS) is 17.4. The van der Waals surface area contributed by atoms with Crippen LogP contribution in [0.3, 0.4) is 0 Å². The summed E-state index contributed by atoms with van der Waals surface area (Å²) in [5.74, 6) is 1.16. The van der Waals surface area contributed by atoms with Crippen LogP contribution in [0.15, 0.2) is 6.33 Å². The molecule has 19 heavy (non-hydrogen) atoms. The zero-order chi connectivity index (χ0) is 14.0. The van der Waals surface area contributed by atoms with Gasteiger partial charge >= 0.3 is 0 Å². The number of rotatable bonds is 5. The Morgan fingerprint density at radius 2 is 1.95 bits per heavy atom. The number of alkyl halides is 1. The van der Waals surface area contributed by atoms with Gasteiger partial charge in [0.1, 0.15) is 17.3 Å². The average molecular weight is 303 g/mol. The maximum absolute atomic E-state index is 6.08. The van der Waals surface area contributed by atoms with E-state index >= 15 is 0 Å². The first-order chi connectivity index (χ1) is 9.00. The van der Waals surface area contributed by atoms with Gasteiger partial charge in [0.25, 0.3) is 0 Å². The van der Waals surface area contributed by atoms with Gasteiger partial charge in [-0.2, -0.15) is 0 Å². The van der Waals surface area contributed by atoms with Gasteiger partial charge in [0.15, 0.2) is 0 Å². The Morgan fingerprint density at radius 3 is 2.42 bits per heavy atom. The highest BCUT2D eigenvalue weighted by molar-refractivity contribution is 6.31. The summed E-state index contributed by atoms with van der Waals surface area (Å²) in [4.78, 5) is 12.8. The molecule has 106 valence electrons. The van der Waals surface area contributed by atoms with E-state index in [9.17, 15) is 0 Å². The summed E-state index contributed by atoms with van der Waals surface area (Å²) in [6.07, 6.45) is 5.23. The van der Waals surface area contributed by atoms with Gasteiger partial charge in [0.05, 0.1) is 5.88 Å². The molecule has 1 fully saturated rings. The molecule has 0 spiro atoms. The molecule has 1 heterocycles. The van der Waals surface area contributed by atoms with E-state index in [1.165, 1.54) is 25.6 Å². The van der Waals surface area contributed by atoms with Gasteiger partial charge < -0.3 is 9.80 Å². The molecule has 4 nitrogen and oxygen atoms in total. The van der Waals surface area contributed by atoms with Crippen molar-refractivity contribution in [3.63, 3.8) is 0 Å². The van der Waals surface area contributed by atoms with Crippen LogP contribution in [0.5, 0.6) is 0 Å². The second-order valence-electron chi connectivity index (χ2n) is 5.43. The minimum Gasteiger partial charge on any atom is -0.357 e. The molecular weight excluding hydrogens is 283 g/mol. The monoisotopic (exact) mass is 302 g/mol. The number of hydrogen-bond donors (Lipinski definition) is 0. The third-order valence-corrected chi connectivity index (χ3v) is 4.72. The first-order valence-corrected chi connectivity index (χ1v) is 7.35. The second kappa shape index (κ2) is 5.81. The second-order valence-corrected chi connectivity index (χ2v) is 6.05. The Kier molecular flexibility index (Phi) is 4.54. The molecule has 0 unspecified atom stereocenters. The summed E-state index contributed by atoms with van der Waals surface area (Å²) in [5.41, 5.74) is 1.05. The van der Waals surface area contributed by atoms with Gasteiger partial charge in [0.2, 0.25) is 0 Å². The van der Waals surface area contributed by atoms with Crippen molar-refractivity contribution in [3.8, 4) is 0 Å². The van der Waals surface area contributed by atoms with Gasteiger partial charge in [0, 0.05) is 24.7 Å². The van der Waals surface area contributed by atoms with E-state index in [2.05, 4.69) is 33.9 Å². The average Bonchev–Trinajstić information content (AvgIpc) is 2.32. The lowest BCUT2D eigenvalue weighted by molar-refractivity contribution is 0.0681. The largest absolute Gasteiger partial charge is 0.357 e. The molecule has 6 heteroatoms. The summed E-state index contributed by atoms with van der Waals surface area (Å²) in [5, 5.41) is 0.444. The zero-order valence-electron chi connectivity index (χ0n) is 11.7. The molecule has 0 aliphatic heterocycles. The summed E-state index contributed by atoms with van der Waals surface area (Å²) in [7, 11) is 6.32. The van der Waals surface area contributed by atoms with Crippen LogP contribution >= 0.6 is 23.2 Å². The van der Waals surface area contributed by atoms with Crippen molar-refractivity contribution in [2.24, 2.45) is 0 Å². The number of hydrogen-bond acceptors (Lipinski definition) is 4. The van der Waals surface area contributed by atoms with Crippen molar-refractivity contribution in [1.29, 1.82) is 0 Å². The van der Waals surface area contributed by atoms with Gasteiger partial charge in [-0.1, -0.05) is 11.6 Å².